The van der Waals surface area contributed by atoms with Gasteiger partial charge in [0, 0.05) is 37.9 Å². The maximum atomic E-state index is 12.7. The van der Waals surface area contributed by atoms with Gasteiger partial charge in [-0.2, -0.15) is 0 Å². The van der Waals surface area contributed by atoms with Gasteiger partial charge < -0.3 is 9.80 Å². The molecule has 0 unspecified atom stereocenters. The van der Waals surface area contributed by atoms with Crippen molar-refractivity contribution in [2.45, 2.75) is 27.7 Å². The molecule has 0 saturated carbocycles. The zero-order valence-electron chi connectivity index (χ0n) is 16.5. The van der Waals surface area contributed by atoms with Gasteiger partial charge in [-0.25, -0.2) is 19.9 Å². The van der Waals surface area contributed by atoms with Crippen LogP contribution in [0.25, 0.3) is 5.82 Å². The van der Waals surface area contributed by atoms with E-state index in [0.29, 0.717) is 13.1 Å². The summed E-state index contributed by atoms with van der Waals surface area (Å²) >= 11 is 1.41. The minimum Gasteiger partial charge on any atom is -0.353 e. The van der Waals surface area contributed by atoms with Gasteiger partial charge in [-0.15, -0.1) is 11.3 Å². The lowest BCUT2D eigenvalue weighted by Crippen LogP contribution is -2.49. The topological polar surface area (TPSA) is 80.0 Å². The van der Waals surface area contributed by atoms with E-state index in [1.165, 1.54) is 11.3 Å². The van der Waals surface area contributed by atoms with Crippen LogP contribution < -0.4 is 4.90 Å². The number of amides is 1. The molecule has 0 aliphatic carbocycles. The van der Waals surface area contributed by atoms with Gasteiger partial charge in [-0.05, 0) is 27.7 Å². The number of hydrogen-bond acceptors (Lipinski definition) is 7. The molecule has 4 heterocycles. The predicted octanol–water partition coefficient (Wildman–Crippen LogP) is 2.31. The molecule has 8 nitrogen and oxygen atoms in total. The minimum absolute atomic E-state index is 0.0729. The molecule has 28 heavy (non-hydrogen) atoms. The van der Waals surface area contributed by atoms with Gasteiger partial charge in [-0.3, -0.25) is 9.36 Å². The van der Waals surface area contributed by atoms with Crippen LogP contribution in [-0.2, 0) is 0 Å². The number of rotatable bonds is 3. The zero-order valence-corrected chi connectivity index (χ0v) is 17.3. The number of aromatic nitrogens is 5. The summed E-state index contributed by atoms with van der Waals surface area (Å²) in [5, 5.41) is 0. The first-order chi connectivity index (χ1) is 13.4. The molecule has 0 N–H and O–H groups in total. The first kappa shape index (κ1) is 18.5. The number of nitrogens with zero attached hydrogens (tertiary/aromatic N) is 7. The molecule has 0 atom stereocenters. The third-order valence-electron chi connectivity index (χ3n) is 5.14. The molecule has 1 aliphatic rings. The summed E-state index contributed by atoms with van der Waals surface area (Å²) in [5.41, 5.74) is 4.59. The summed E-state index contributed by atoms with van der Waals surface area (Å²) in [6.07, 6.45) is 1.80. The Hall–Kier alpha value is -2.81. The van der Waals surface area contributed by atoms with E-state index in [2.05, 4.69) is 24.8 Å². The second-order valence-corrected chi connectivity index (χ2v) is 7.82. The van der Waals surface area contributed by atoms with Gasteiger partial charge in [0.05, 0.1) is 16.9 Å². The molecule has 4 rings (SSSR count). The Labute approximate surface area is 167 Å². The average molecular weight is 398 g/mol. The van der Waals surface area contributed by atoms with E-state index in [9.17, 15) is 4.79 Å². The molecular weight excluding hydrogens is 374 g/mol. The van der Waals surface area contributed by atoms with Crippen LogP contribution in [0.2, 0.25) is 0 Å². The van der Waals surface area contributed by atoms with Crippen LogP contribution in [0.5, 0.6) is 0 Å². The third-order valence-corrected chi connectivity index (χ3v) is 6.06. The van der Waals surface area contributed by atoms with Crippen LogP contribution >= 0.6 is 11.3 Å². The molecule has 1 amide bonds. The smallest absolute Gasteiger partial charge is 0.265 e. The Bertz CT molecular complexity index is 1020. The van der Waals surface area contributed by atoms with Crippen LogP contribution in [0.3, 0.4) is 0 Å². The highest BCUT2D eigenvalue weighted by atomic mass is 32.1. The van der Waals surface area contributed by atoms with Crippen LogP contribution in [0, 0.1) is 27.7 Å². The fraction of sp³-hybridized carbons (Fsp3) is 0.421. The van der Waals surface area contributed by atoms with E-state index < -0.39 is 0 Å². The molecule has 1 fully saturated rings. The summed E-state index contributed by atoms with van der Waals surface area (Å²) < 4.78 is 1.99. The molecule has 0 aromatic carbocycles. The van der Waals surface area contributed by atoms with Crippen molar-refractivity contribution in [2.24, 2.45) is 0 Å². The van der Waals surface area contributed by atoms with E-state index in [-0.39, 0.29) is 5.91 Å². The standard InChI is InChI=1S/C19H23N7OS/c1-12-14(3)26(10-20-12)17-9-16(22-15(4)23-17)24-5-7-25(8-6-24)19(27)18-13(2)21-11-28-18/h9-11H,5-8H2,1-4H3. The van der Waals surface area contributed by atoms with Gasteiger partial charge in [-0.1, -0.05) is 0 Å². The number of anilines is 1. The molecule has 0 radical (unpaired) electrons. The first-order valence-electron chi connectivity index (χ1n) is 9.25. The van der Waals surface area contributed by atoms with Crippen molar-refractivity contribution in [3.05, 3.63) is 45.7 Å². The lowest BCUT2D eigenvalue weighted by Gasteiger charge is -2.35. The second-order valence-electron chi connectivity index (χ2n) is 6.96. The van der Waals surface area contributed by atoms with E-state index in [0.717, 1.165) is 52.5 Å². The van der Waals surface area contributed by atoms with Crippen molar-refractivity contribution < 1.29 is 4.79 Å². The maximum absolute atomic E-state index is 12.7. The van der Waals surface area contributed by atoms with E-state index in [1.807, 2.05) is 43.2 Å². The average Bonchev–Trinajstić information content (AvgIpc) is 3.26. The number of carbonyl (C=O) groups excluding carboxylic acids is 1. The van der Waals surface area contributed by atoms with Crippen LogP contribution in [0.4, 0.5) is 5.82 Å². The first-order valence-corrected chi connectivity index (χ1v) is 10.1. The third kappa shape index (κ3) is 3.37. The summed E-state index contributed by atoms with van der Waals surface area (Å²) in [5.74, 6) is 2.49. The van der Waals surface area contributed by atoms with Crippen LogP contribution in [-0.4, -0.2) is 61.5 Å². The molecule has 1 aliphatic heterocycles. The normalized spacial score (nSPS) is 14.6. The van der Waals surface area contributed by atoms with E-state index in [4.69, 9.17) is 0 Å². The van der Waals surface area contributed by atoms with Crippen molar-refractivity contribution >= 4 is 23.1 Å². The Morgan fingerprint density at radius 3 is 2.29 bits per heavy atom. The summed E-state index contributed by atoms with van der Waals surface area (Å²) in [4.78, 5) is 35.3. The molecule has 146 valence electrons. The summed E-state index contributed by atoms with van der Waals surface area (Å²) in [6.45, 7) is 10.6. The van der Waals surface area contributed by atoms with Crippen molar-refractivity contribution in [1.82, 2.24) is 29.4 Å². The Morgan fingerprint density at radius 2 is 1.68 bits per heavy atom. The Kier molecular flexibility index (Phi) is 4.84. The highest BCUT2D eigenvalue weighted by Gasteiger charge is 2.25. The largest absolute Gasteiger partial charge is 0.353 e. The van der Waals surface area contributed by atoms with Gasteiger partial charge in [0.25, 0.3) is 5.91 Å². The number of imidazole rings is 1. The number of hydrogen-bond donors (Lipinski definition) is 0. The van der Waals surface area contributed by atoms with E-state index in [1.54, 1.807) is 11.8 Å². The number of thiazole rings is 1. The number of aryl methyl sites for hydroxylation is 3. The van der Waals surface area contributed by atoms with Crippen molar-refractivity contribution in [3.8, 4) is 5.82 Å². The van der Waals surface area contributed by atoms with Gasteiger partial charge >= 0.3 is 0 Å². The van der Waals surface area contributed by atoms with Crippen LogP contribution in [0.15, 0.2) is 17.9 Å². The molecule has 1 saturated heterocycles. The van der Waals surface area contributed by atoms with Gasteiger partial charge in [0.1, 0.15) is 28.7 Å². The predicted molar refractivity (Wildman–Crippen MR) is 108 cm³/mol. The molecule has 0 bridgehead atoms. The zero-order chi connectivity index (χ0) is 19.8. The molecule has 3 aromatic heterocycles. The highest BCUT2D eigenvalue weighted by Crippen LogP contribution is 2.21. The maximum Gasteiger partial charge on any atom is 0.265 e. The van der Waals surface area contributed by atoms with E-state index >= 15 is 0 Å². The lowest BCUT2D eigenvalue weighted by atomic mass is 10.2. The number of piperazine rings is 1. The highest BCUT2D eigenvalue weighted by molar-refractivity contribution is 7.11. The van der Waals surface area contributed by atoms with Crippen molar-refractivity contribution in [2.75, 3.05) is 31.1 Å². The van der Waals surface area contributed by atoms with Crippen molar-refractivity contribution in [3.63, 3.8) is 0 Å². The van der Waals surface area contributed by atoms with Gasteiger partial charge in [0.2, 0.25) is 0 Å². The molecular formula is C19H23N7OS. The molecule has 0 spiro atoms. The van der Waals surface area contributed by atoms with Crippen LogP contribution in [0.1, 0.15) is 32.6 Å². The minimum atomic E-state index is 0.0729. The monoisotopic (exact) mass is 397 g/mol. The van der Waals surface area contributed by atoms with Crippen molar-refractivity contribution in [1.29, 1.82) is 0 Å². The lowest BCUT2D eigenvalue weighted by molar-refractivity contribution is 0.0750. The quantitative estimate of drug-likeness (QED) is 0.675. The van der Waals surface area contributed by atoms with Gasteiger partial charge in [0.15, 0.2) is 0 Å². The SMILES string of the molecule is Cc1nc(N2CCN(C(=O)c3scnc3C)CC2)cc(-n2cnc(C)c2C)n1. The summed E-state index contributed by atoms with van der Waals surface area (Å²) in [6, 6.07) is 1.99. The fourth-order valence-electron chi connectivity index (χ4n) is 3.34. The summed E-state index contributed by atoms with van der Waals surface area (Å²) in [7, 11) is 0. The Morgan fingerprint density at radius 1 is 0.964 bits per heavy atom. The Balaban J connectivity index is 1.51. The molecule has 3 aromatic rings. The number of carbonyl (C=O) groups is 1. The second kappa shape index (κ2) is 7.31. The fourth-order valence-corrected chi connectivity index (χ4v) is 4.11. The molecule has 9 heteroatoms.